The van der Waals surface area contributed by atoms with Gasteiger partial charge in [0.05, 0.1) is 6.07 Å². The summed E-state index contributed by atoms with van der Waals surface area (Å²) in [5.74, 6) is 0.364. The summed E-state index contributed by atoms with van der Waals surface area (Å²) in [6, 6.07) is 2.27. The zero-order valence-electron chi connectivity index (χ0n) is 10.9. The highest BCUT2D eigenvalue weighted by atomic mass is 16.2. The summed E-state index contributed by atoms with van der Waals surface area (Å²) in [6.07, 6.45) is 2.18. The number of likely N-dealkylation sites (tertiary alicyclic amines) is 1. The monoisotopic (exact) mass is 249 g/mol. The van der Waals surface area contributed by atoms with Crippen LogP contribution in [0.5, 0.6) is 0 Å². The Hall–Kier alpha value is -1.57. The maximum atomic E-state index is 12.2. The minimum absolute atomic E-state index is 0.0969. The van der Waals surface area contributed by atoms with Gasteiger partial charge in [0.25, 0.3) is 0 Å². The topological polar surface area (TPSA) is 73.2 Å². The first-order valence-corrected chi connectivity index (χ1v) is 6.44. The van der Waals surface area contributed by atoms with Crippen LogP contribution in [0.1, 0.15) is 33.1 Å². The van der Waals surface area contributed by atoms with Crippen molar-refractivity contribution in [2.45, 2.75) is 39.2 Å². The third kappa shape index (κ3) is 2.33. The Bertz CT molecular complexity index is 411. The molecule has 0 aromatic rings. The van der Waals surface area contributed by atoms with Gasteiger partial charge in [-0.3, -0.25) is 9.59 Å². The third-order valence-corrected chi connectivity index (χ3v) is 3.92. The van der Waals surface area contributed by atoms with Gasteiger partial charge in [0.2, 0.25) is 11.8 Å². The largest absolute Gasteiger partial charge is 0.353 e. The van der Waals surface area contributed by atoms with Crippen LogP contribution in [0.15, 0.2) is 0 Å². The molecular formula is C13H19N3O2. The first kappa shape index (κ1) is 12.9. The summed E-state index contributed by atoms with van der Waals surface area (Å²) in [5.41, 5.74) is -0.954. The van der Waals surface area contributed by atoms with E-state index < -0.39 is 5.41 Å². The Morgan fingerprint density at radius 3 is 2.89 bits per heavy atom. The molecule has 2 fully saturated rings. The Balaban J connectivity index is 2.02. The number of nitrogens with zero attached hydrogens (tertiary/aromatic N) is 2. The van der Waals surface area contributed by atoms with Gasteiger partial charge in [0, 0.05) is 25.6 Å². The summed E-state index contributed by atoms with van der Waals surface area (Å²) in [6.45, 7) is 4.61. The predicted molar refractivity (Wildman–Crippen MR) is 65.2 cm³/mol. The molecule has 5 heteroatoms. The molecule has 2 amide bonds. The zero-order chi connectivity index (χ0) is 13.3. The van der Waals surface area contributed by atoms with Crippen molar-refractivity contribution in [1.29, 1.82) is 5.26 Å². The SMILES string of the molecule is CC(C)(C#N)C(=O)N1CCC2NC(=O)CCC2C1. The smallest absolute Gasteiger partial charge is 0.242 e. The van der Waals surface area contributed by atoms with Gasteiger partial charge < -0.3 is 10.2 Å². The summed E-state index contributed by atoms with van der Waals surface area (Å²) in [7, 11) is 0. The van der Waals surface area contributed by atoms with E-state index in [1.165, 1.54) is 0 Å². The number of hydrogen-bond acceptors (Lipinski definition) is 3. The van der Waals surface area contributed by atoms with Crippen LogP contribution in [-0.4, -0.2) is 35.8 Å². The molecule has 2 unspecified atom stereocenters. The number of carbonyl (C=O) groups is 2. The molecule has 2 heterocycles. The molecule has 2 rings (SSSR count). The maximum absolute atomic E-state index is 12.2. The van der Waals surface area contributed by atoms with Crippen molar-refractivity contribution in [2.24, 2.45) is 11.3 Å². The average Bonchev–Trinajstić information content (AvgIpc) is 2.37. The van der Waals surface area contributed by atoms with Gasteiger partial charge in [-0.05, 0) is 32.6 Å². The first-order chi connectivity index (χ1) is 8.44. The number of hydrogen-bond donors (Lipinski definition) is 1. The van der Waals surface area contributed by atoms with E-state index >= 15 is 0 Å². The number of piperidine rings is 2. The molecule has 98 valence electrons. The molecule has 0 aromatic heterocycles. The van der Waals surface area contributed by atoms with E-state index in [9.17, 15) is 9.59 Å². The molecule has 0 aromatic carbocycles. The second kappa shape index (κ2) is 4.60. The normalized spacial score (nSPS) is 28.1. The molecule has 2 aliphatic rings. The van der Waals surface area contributed by atoms with Crippen LogP contribution < -0.4 is 5.32 Å². The van der Waals surface area contributed by atoms with Gasteiger partial charge in [0.15, 0.2) is 0 Å². The second-order valence-electron chi connectivity index (χ2n) is 5.75. The Labute approximate surface area is 107 Å². The Morgan fingerprint density at radius 2 is 2.22 bits per heavy atom. The minimum Gasteiger partial charge on any atom is -0.353 e. The van der Waals surface area contributed by atoms with Crippen LogP contribution >= 0.6 is 0 Å². The lowest BCUT2D eigenvalue weighted by atomic mass is 9.83. The highest BCUT2D eigenvalue weighted by Crippen LogP contribution is 2.28. The van der Waals surface area contributed by atoms with Crippen LogP contribution in [-0.2, 0) is 9.59 Å². The molecule has 0 radical (unpaired) electrons. The highest BCUT2D eigenvalue weighted by molar-refractivity contribution is 5.85. The average molecular weight is 249 g/mol. The lowest BCUT2D eigenvalue weighted by Gasteiger charge is -2.42. The van der Waals surface area contributed by atoms with Gasteiger partial charge in [-0.15, -0.1) is 0 Å². The molecule has 2 saturated heterocycles. The van der Waals surface area contributed by atoms with E-state index in [1.807, 2.05) is 0 Å². The fourth-order valence-corrected chi connectivity index (χ4v) is 2.74. The lowest BCUT2D eigenvalue weighted by molar-refractivity contribution is -0.140. The van der Waals surface area contributed by atoms with Gasteiger partial charge >= 0.3 is 0 Å². The number of rotatable bonds is 1. The third-order valence-electron chi connectivity index (χ3n) is 3.92. The molecule has 0 aliphatic carbocycles. The van der Waals surface area contributed by atoms with Gasteiger partial charge in [0.1, 0.15) is 5.41 Å². The first-order valence-electron chi connectivity index (χ1n) is 6.44. The van der Waals surface area contributed by atoms with Crippen molar-refractivity contribution >= 4 is 11.8 Å². The van der Waals surface area contributed by atoms with Crippen LogP contribution in [0.25, 0.3) is 0 Å². The van der Waals surface area contributed by atoms with Crippen LogP contribution in [0.2, 0.25) is 0 Å². The number of fused-ring (bicyclic) bond motifs is 1. The van der Waals surface area contributed by atoms with Crippen molar-refractivity contribution in [1.82, 2.24) is 10.2 Å². The van der Waals surface area contributed by atoms with Crippen LogP contribution in [0, 0.1) is 22.7 Å². The van der Waals surface area contributed by atoms with E-state index in [4.69, 9.17) is 5.26 Å². The predicted octanol–water partition coefficient (Wildman–Crippen LogP) is 0.663. The van der Waals surface area contributed by atoms with Crippen LogP contribution in [0.3, 0.4) is 0 Å². The van der Waals surface area contributed by atoms with E-state index in [1.54, 1.807) is 18.7 Å². The fraction of sp³-hybridized carbons (Fsp3) is 0.769. The summed E-state index contributed by atoms with van der Waals surface area (Å²) < 4.78 is 0. The van der Waals surface area contributed by atoms with Gasteiger partial charge in [-0.1, -0.05) is 0 Å². The lowest BCUT2D eigenvalue weighted by Crippen LogP contribution is -2.56. The molecule has 2 aliphatic heterocycles. The second-order valence-corrected chi connectivity index (χ2v) is 5.75. The molecule has 0 saturated carbocycles. The molecule has 2 atom stereocenters. The van der Waals surface area contributed by atoms with Crippen molar-refractivity contribution in [2.75, 3.05) is 13.1 Å². The van der Waals surface area contributed by atoms with E-state index in [0.29, 0.717) is 25.4 Å². The van der Waals surface area contributed by atoms with Crippen LogP contribution in [0.4, 0.5) is 0 Å². The molecule has 5 nitrogen and oxygen atoms in total. The summed E-state index contributed by atoms with van der Waals surface area (Å²) >= 11 is 0. The van der Waals surface area contributed by atoms with Crippen molar-refractivity contribution < 1.29 is 9.59 Å². The van der Waals surface area contributed by atoms with Crippen molar-refractivity contribution in [3.8, 4) is 6.07 Å². The van der Waals surface area contributed by atoms with E-state index in [2.05, 4.69) is 11.4 Å². The zero-order valence-corrected chi connectivity index (χ0v) is 10.9. The molecule has 18 heavy (non-hydrogen) atoms. The number of carbonyl (C=O) groups excluding carboxylic acids is 2. The van der Waals surface area contributed by atoms with Crippen molar-refractivity contribution in [3.63, 3.8) is 0 Å². The molecule has 0 spiro atoms. The summed E-state index contributed by atoms with van der Waals surface area (Å²) in [4.78, 5) is 25.3. The highest BCUT2D eigenvalue weighted by Gasteiger charge is 2.39. The molecule has 0 bridgehead atoms. The Morgan fingerprint density at radius 1 is 1.50 bits per heavy atom. The van der Waals surface area contributed by atoms with Crippen molar-refractivity contribution in [3.05, 3.63) is 0 Å². The number of nitriles is 1. The van der Waals surface area contributed by atoms with E-state index in [0.717, 1.165) is 12.8 Å². The number of amides is 2. The van der Waals surface area contributed by atoms with Gasteiger partial charge in [-0.25, -0.2) is 0 Å². The molecular weight excluding hydrogens is 230 g/mol. The summed E-state index contributed by atoms with van der Waals surface area (Å²) in [5, 5.41) is 12.0. The standard InChI is InChI=1S/C13H19N3O2/c1-13(2,8-14)12(18)16-6-5-10-9(7-16)3-4-11(17)15-10/h9-10H,3-7H2,1-2H3,(H,15,17). The molecule has 1 N–H and O–H groups in total. The fourth-order valence-electron chi connectivity index (χ4n) is 2.74. The maximum Gasteiger partial charge on any atom is 0.242 e. The van der Waals surface area contributed by atoms with Gasteiger partial charge in [-0.2, -0.15) is 5.26 Å². The quantitative estimate of drug-likeness (QED) is 0.742. The van der Waals surface area contributed by atoms with E-state index in [-0.39, 0.29) is 17.9 Å². The number of nitrogens with one attached hydrogen (secondary N) is 1. The minimum atomic E-state index is -0.954. The Kier molecular flexibility index (Phi) is 3.29.